The number of nitrogens with zero attached hydrogens (tertiary/aromatic N) is 2. The molecule has 2 aromatic carbocycles. The number of ketones is 1. The van der Waals surface area contributed by atoms with Crippen LogP contribution in [0.1, 0.15) is 35.8 Å². The van der Waals surface area contributed by atoms with Crippen molar-refractivity contribution in [3.05, 3.63) is 65.6 Å². The zero-order valence-electron chi connectivity index (χ0n) is 16.0. The highest BCUT2D eigenvalue weighted by atomic mass is 19.1. The fraction of sp³-hybridized carbons (Fsp3) is 0.304. The molecular weight excluding hydrogens is 353 g/mol. The molecule has 1 aliphatic rings. The van der Waals surface area contributed by atoms with Crippen molar-refractivity contribution in [3.63, 3.8) is 0 Å². The molecule has 144 valence electrons. The molecule has 0 spiro atoms. The van der Waals surface area contributed by atoms with Crippen molar-refractivity contribution in [2.75, 3.05) is 13.1 Å². The van der Waals surface area contributed by atoms with Gasteiger partial charge in [-0.25, -0.2) is 9.37 Å². The standard InChI is InChI=1S/C23H24FN3O/c1-15(28)22-13-21(17-3-5-18(24)6-4-17)20-7-2-16(12-23(20)26-22)14-27-10-8-19(25)9-11-27/h2-7,12-13,19H,8-11,14,25H2,1H3. The van der Waals surface area contributed by atoms with Gasteiger partial charge in [-0.15, -0.1) is 0 Å². The number of halogens is 1. The Bertz CT molecular complexity index is 1010. The number of hydrogen-bond acceptors (Lipinski definition) is 4. The summed E-state index contributed by atoms with van der Waals surface area (Å²) in [6, 6.07) is 14.7. The van der Waals surface area contributed by atoms with E-state index < -0.39 is 0 Å². The lowest BCUT2D eigenvalue weighted by Gasteiger charge is -2.30. The van der Waals surface area contributed by atoms with Gasteiger partial charge in [0.25, 0.3) is 0 Å². The molecule has 2 N–H and O–H groups in total. The quantitative estimate of drug-likeness (QED) is 0.694. The van der Waals surface area contributed by atoms with Gasteiger partial charge >= 0.3 is 0 Å². The molecule has 2 heterocycles. The highest BCUT2D eigenvalue weighted by molar-refractivity contribution is 6.01. The molecule has 3 aromatic rings. The van der Waals surface area contributed by atoms with Gasteiger partial charge in [-0.3, -0.25) is 9.69 Å². The van der Waals surface area contributed by atoms with E-state index in [-0.39, 0.29) is 11.6 Å². The van der Waals surface area contributed by atoms with Crippen LogP contribution in [0.2, 0.25) is 0 Å². The predicted octanol–water partition coefficient (Wildman–Crippen LogP) is 4.17. The number of aromatic nitrogens is 1. The summed E-state index contributed by atoms with van der Waals surface area (Å²) in [5.74, 6) is -0.363. The maximum atomic E-state index is 13.3. The molecule has 1 aliphatic heterocycles. The maximum absolute atomic E-state index is 13.3. The molecular formula is C23H24FN3O. The number of piperidine rings is 1. The van der Waals surface area contributed by atoms with Crippen molar-refractivity contribution in [2.45, 2.75) is 32.4 Å². The number of hydrogen-bond donors (Lipinski definition) is 1. The van der Waals surface area contributed by atoms with Crippen LogP contribution in [-0.4, -0.2) is 34.8 Å². The predicted molar refractivity (Wildman–Crippen MR) is 110 cm³/mol. The summed E-state index contributed by atoms with van der Waals surface area (Å²) < 4.78 is 13.3. The molecule has 4 rings (SSSR count). The Kier molecular flexibility index (Phi) is 5.20. The first-order chi connectivity index (χ1) is 13.5. The number of carbonyl (C=O) groups is 1. The maximum Gasteiger partial charge on any atom is 0.178 e. The number of likely N-dealkylation sites (tertiary alicyclic amines) is 1. The Morgan fingerprint density at radius 1 is 1.14 bits per heavy atom. The lowest BCUT2D eigenvalue weighted by atomic mass is 9.98. The van der Waals surface area contributed by atoms with E-state index in [1.54, 1.807) is 18.2 Å². The van der Waals surface area contributed by atoms with Gasteiger partial charge in [-0.2, -0.15) is 0 Å². The zero-order chi connectivity index (χ0) is 19.7. The van der Waals surface area contributed by atoms with E-state index in [1.165, 1.54) is 24.6 Å². The van der Waals surface area contributed by atoms with E-state index in [2.05, 4.69) is 28.1 Å². The van der Waals surface area contributed by atoms with Crippen molar-refractivity contribution < 1.29 is 9.18 Å². The van der Waals surface area contributed by atoms with Gasteiger partial charge in [0.15, 0.2) is 5.78 Å². The Hall–Kier alpha value is -2.63. The number of carbonyl (C=O) groups excluding carboxylic acids is 1. The summed E-state index contributed by atoms with van der Waals surface area (Å²) >= 11 is 0. The summed E-state index contributed by atoms with van der Waals surface area (Å²) in [4.78, 5) is 19.0. The van der Waals surface area contributed by atoms with Gasteiger partial charge in [0, 0.05) is 24.9 Å². The second-order valence-corrected chi connectivity index (χ2v) is 7.58. The average molecular weight is 377 g/mol. The molecule has 4 nitrogen and oxygen atoms in total. The second kappa shape index (κ2) is 7.78. The van der Waals surface area contributed by atoms with Crippen LogP contribution in [0.15, 0.2) is 48.5 Å². The van der Waals surface area contributed by atoms with Gasteiger partial charge < -0.3 is 5.73 Å². The monoisotopic (exact) mass is 377 g/mol. The molecule has 28 heavy (non-hydrogen) atoms. The molecule has 0 bridgehead atoms. The summed E-state index contributed by atoms with van der Waals surface area (Å²) in [5, 5.41) is 0.959. The molecule has 0 saturated carbocycles. The first-order valence-corrected chi connectivity index (χ1v) is 9.68. The number of nitrogens with two attached hydrogens (primary N) is 1. The van der Waals surface area contributed by atoms with Crippen LogP contribution in [0.4, 0.5) is 4.39 Å². The summed E-state index contributed by atoms with van der Waals surface area (Å²) in [6.45, 7) is 4.37. The molecule has 5 heteroatoms. The number of rotatable bonds is 4. The zero-order valence-corrected chi connectivity index (χ0v) is 16.0. The van der Waals surface area contributed by atoms with Crippen LogP contribution in [-0.2, 0) is 6.54 Å². The molecule has 1 fully saturated rings. The third-order valence-electron chi connectivity index (χ3n) is 5.43. The van der Waals surface area contributed by atoms with Gasteiger partial charge in [0.2, 0.25) is 0 Å². The molecule has 0 aliphatic carbocycles. The molecule has 0 amide bonds. The van der Waals surface area contributed by atoms with E-state index in [4.69, 9.17) is 5.73 Å². The van der Waals surface area contributed by atoms with Crippen molar-refractivity contribution in [1.29, 1.82) is 0 Å². The first kappa shape index (κ1) is 18.7. The third kappa shape index (κ3) is 3.96. The minimum absolute atomic E-state index is 0.0827. The average Bonchev–Trinajstić information content (AvgIpc) is 2.69. The van der Waals surface area contributed by atoms with Crippen LogP contribution in [0.25, 0.3) is 22.0 Å². The van der Waals surface area contributed by atoms with Crippen molar-refractivity contribution in [3.8, 4) is 11.1 Å². The topological polar surface area (TPSA) is 59.2 Å². The SMILES string of the molecule is CC(=O)c1cc(-c2ccc(F)cc2)c2ccc(CN3CCC(N)CC3)cc2n1. The lowest BCUT2D eigenvalue weighted by molar-refractivity contribution is 0.101. The molecule has 0 atom stereocenters. The Balaban J connectivity index is 1.73. The minimum Gasteiger partial charge on any atom is -0.328 e. The molecule has 0 radical (unpaired) electrons. The van der Waals surface area contributed by atoms with E-state index in [0.29, 0.717) is 11.7 Å². The van der Waals surface area contributed by atoms with E-state index >= 15 is 0 Å². The van der Waals surface area contributed by atoms with Crippen molar-refractivity contribution in [1.82, 2.24) is 9.88 Å². The summed E-state index contributed by atoms with van der Waals surface area (Å²) in [5.41, 5.74) is 10.1. The minimum atomic E-state index is -0.280. The second-order valence-electron chi connectivity index (χ2n) is 7.58. The number of fused-ring (bicyclic) bond motifs is 1. The van der Waals surface area contributed by atoms with Crippen molar-refractivity contribution in [2.24, 2.45) is 5.73 Å². The molecule has 1 aromatic heterocycles. The Labute approximate surface area is 164 Å². The molecule has 1 saturated heterocycles. The van der Waals surface area contributed by atoms with Crippen LogP contribution in [0.3, 0.4) is 0 Å². The van der Waals surface area contributed by atoms with Crippen LogP contribution >= 0.6 is 0 Å². The largest absolute Gasteiger partial charge is 0.328 e. The molecule has 0 unspecified atom stereocenters. The van der Waals surface area contributed by atoms with Crippen molar-refractivity contribution >= 4 is 16.7 Å². The smallest absolute Gasteiger partial charge is 0.178 e. The highest BCUT2D eigenvalue weighted by Crippen LogP contribution is 2.30. The fourth-order valence-corrected chi connectivity index (χ4v) is 3.79. The Morgan fingerprint density at radius 2 is 1.86 bits per heavy atom. The van der Waals surface area contributed by atoms with E-state index in [1.807, 2.05) is 0 Å². The first-order valence-electron chi connectivity index (χ1n) is 9.68. The Morgan fingerprint density at radius 3 is 2.54 bits per heavy atom. The number of pyridine rings is 1. The van der Waals surface area contributed by atoms with Crippen LogP contribution in [0, 0.1) is 5.82 Å². The third-order valence-corrected chi connectivity index (χ3v) is 5.43. The van der Waals surface area contributed by atoms with Gasteiger partial charge in [0.05, 0.1) is 5.52 Å². The van der Waals surface area contributed by atoms with E-state index in [0.717, 1.165) is 54.5 Å². The van der Waals surface area contributed by atoms with Gasteiger partial charge in [0.1, 0.15) is 11.5 Å². The normalized spacial score (nSPS) is 15.8. The fourth-order valence-electron chi connectivity index (χ4n) is 3.79. The summed E-state index contributed by atoms with van der Waals surface area (Å²) in [7, 11) is 0. The highest BCUT2D eigenvalue weighted by Gasteiger charge is 2.17. The van der Waals surface area contributed by atoms with Gasteiger partial charge in [-0.05, 0) is 66.9 Å². The number of Topliss-reactive ketones (excluding diaryl/α,β-unsaturated/α-hetero) is 1. The van der Waals surface area contributed by atoms with Crippen LogP contribution < -0.4 is 5.73 Å². The van der Waals surface area contributed by atoms with E-state index in [9.17, 15) is 9.18 Å². The number of benzene rings is 2. The lowest BCUT2D eigenvalue weighted by Crippen LogP contribution is -2.39. The van der Waals surface area contributed by atoms with Gasteiger partial charge in [-0.1, -0.05) is 24.3 Å². The van der Waals surface area contributed by atoms with Crippen LogP contribution in [0.5, 0.6) is 0 Å². The summed E-state index contributed by atoms with van der Waals surface area (Å²) in [6.07, 6.45) is 2.05.